The molecule has 1 heterocycles. The minimum Gasteiger partial charge on any atom is -0.479 e. The number of rotatable bonds is 6. The molecule has 0 saturated carbocycles. The number of nitrogens with one attached hydrogen (secondary N) is 1. The molecule has 0 saturated heterocycles. The number of nitrogens with zero attached hydrogens (tertiary/aromatic N) is 2. The number of imidazole rings is 1. The Labute approximate surface area is 121 Å². The zero-order valence-corrected chi connectivity index (χ0v) is 11.3. The Balaban J connectivity index is 2.13. The summed E-state index contributed by atoms with van der Waals surface area (Å²) in [7, 11) is 0. The first kappa shape index (κ1) is 14.7. The number of carboxylic acid groups (broad SMARTS) is 1. The summed E-state index contributed by atoms with van der Waals surface area (Å²) in [6.07, 6.45) is 3.02. The molecule has 0 aliphatic rings. The number of carbonyl (C=O) groups is 2. The molecule has 2 aromatic rings. The molecule has 0 radical (unpaired) electrons. The molecule has 4 N–H and O–H groups in total. The molecule has 2 rings (SSSR count). The van der Waals surface area contributed by atoms with Crippen molar-refractivity contribution in [3.05, 3.63) is 54.1 Å². The number of aliphatic carboxylic acids is 1. The van der Waals surface area contributed by atoms with Gasteiger partial charge in [-0.1, -0.05) is 30.3 Å². The van der Waals surface area contributed by atoms with Crippen molar-refractivity contribution in [2.75, 3.05) is 6.54 Å². The molecule has 0 bridgehead atoms. The van der Waals surface area contributed by atoms with E-state index in [1.807, 2.05) is 0 Å². The third-order valence-electron chi connectivity index (χ3n) is 2.91. The van der Waals surface area contributed by atoms with Crippen LogP contribution < -0.4 is 11.1 Å². The molecule has 21 heavy (non-hydrogen) atoms. The van der Waals surface area contributed by atoms with Gasteiger partial charge in [0, 0.05) is 19.3 Å². The van der Waals surface area contributed by atoms with Gasteiger partial charge in [-0.25, -0.2) is 9.78 Å². The van der Waals surface area contributed by atoms with Crippen LogP contribution in [0.3, 0.4) is 0 Å². The topological polar surface area (TPSA) is 110 Å². The second-order valence-electron chi connectivity index (χ2n) is 4.44. The molecule has 0 spiro atoms. The Morgan fingerprint density at radius 3 is 2.67 bits per heavy atom. The number of carboxylic acids is 1. The summed E-state index contributed by atoms with van der Waals surface area (Å²) in [5, 5.41) is 11.7. The second kappa shape index (κ2) is 6.67. The predicted octanol–water partition coefficient (Wildman–Crippen LogP) is 0.398. The molecular weight excluding hydrogens is 272 g/mol. The van der Waals surface area contributed by atoms with Crippen molar-refractivity contribution in [3.63, 3.8) is 0 Å². The Hall–Kier alpha value is -2.67. The lowest BCUT2D eigenvalue weighted by molar-refractivity contribution is -0.139. The van der Waals surface area contributed by atoms with E-state index in [0.717, 1.165) is 0 Å². The SMILES string of the molecule is NCCn1cnc(C(=O)N[C@H](C(=O)O)c2ccccc2)c1. The van der Waals surface area contributed by atoms with Crippen molar-refractivity contribution in [3.8, 4) is 0 Å². The summed E-state index contributed by atoms with van der Waals surface area (Å²) >= 11 is 0. The van der Waals surface area contributed by atoms with E-state index >= 15 is 0 Å². The van der Waals surface area contributed by atoms with Crippen LogP contribution in [0.1, 0.15) is 22.1 Å². The highest BCUT2D eigenvalue weighted by atomic mass is 16.4. The lowest BCUT2D eigenvalue weighted by atomic mass is 10.1. The molecule has 0 fully saturated rings. The maximum absolute atomic E-state index is 12.1. The van der Waals surface area contributed by atoms with Gasteiger partial charge >= 0.3 is 5.97 Å². The Morgan fingerprint density at radius 2 is 2.05 bits per heavy atom. The van der Waals surface area contributed by atoms with Crippen LogP contribution in [-0.2, 0) is 11.3 Å². The number of nitrogens with two attached hydrogens (primary N) is 1. The Kier molecular flexibility index (Phi) is 4.68. The van der Waals surface area contributed by atoms with Crippen LogP contribution in [-0.4, -0.2) is 33.1 Å². The van der Waals surface area contributed by atoms with E-state index in [1.54, 1.807) is 34.9 Å². The van der Waals surface area contributed by atoms with Gasteiger partial charge in [0.15, 0.2) is 6.04 Å². The fourth-order valence-corrected chi connectivity index (χ4v) is 1.89. The first-order valence-corrected chi connectivity index (χ1v) is 6.42. The van der Waals surface area contributed by atoms with E-state index in [4.69, 9.17) is 5.73 Å². The smallest absolute Gasteiger partial charge is 0.330 e. The van der Waals surface area contributed by atoms with E-state index in [0.29, 0.717) is 18.7 Å². The van der Waals surface area contributed by atoms with Crippen LogP contribution >= 0.6 is 0 Å². The lowest BCUT2D eigenvalue weighted by Crippen LogP contribution is -2.33. The zero-order chi connectivity index (χ0) is 15.2. The number of carbonyl (C=O) groups excluding carboxylic acids is 1. The van der Waals surface area contributed by atoms with E-state index < -0.39 is 17.9 Å². The number of hydrogen-bond acceptors (Lipinski definition) is 4. The highest BCUT2D eigenvalue weighted by Crippen LogP contribution is 2.13. The standard InChI is InChI=1S/C14H16N4O3/c15-6-7-18-8-11(16-9-18)13(19)17-12(14(20)21)10-4-2-1-3-5-10/h1-5,8-9,12H,6-7,15H2,(H,17,19)(H,20,21)/t12-/m0/s1. The largest absolute Gasteiger partial charge is 0.479 e. The average Bonchev–Trinajstić information content (AvgIpc) is 2.94. The summed E-state index contributed by atoms with van der Waals surface area (Å²) in [4.78, 5) is 27.3. The molecule has 0 aliphatic heterocycles. The van der Waals surface area contributed by atoms with Crippen molar-refractivity contribution in [2.45, 2.75) is 12.6 Å². The van der Waals surface area contributed by atoms with Crippen LogP contribution in [0.5, 0.6) is 0 Å². The fourth-order valence-electron chi connectivity index (χ4n) is 1.89. The lowest BCUT2D eigenvalue weighted by Gasteiger charge is -2.13. The maximum Gasteiger partial charge on any atom is 0.330 e. The normalized spacial score (nSPS) is 11.9. The van der Waals surface area contributed by atoms with Crippen molar-refractivity contribution in [1.29, 1.82) is 0 Å². The highest BCUT2D eigenvalue weighted by Gasteiger charge is 2.23. The van der Waals surface area contributed by atoms with Crippen molar-refractivity contribution in [1.82, 2.24) is 14.9 Å². The predicted molar refractivity (Wildman–Crippen MR) is 75.6 cm³/mol. The summed E-state index contributed by atoms with van der Waals surface area (Å²) in [6, 6.07) is 7.39. The van der Waals surface area contributed by atoms with E-state index in [9.17, 15) is 14.7 Å². The summed E-state index contributed by atoms with van der Waals surface area (Å²) < 4.78 is 1.67. The van der Waals surface area contributed by atoms with Crippen molar-refractivity contribution in [2.24, 2.45) is 5.73 Å². The van der Waals surface area contributed by atoms with Crippen LogP contribution in [0.2, 0.25) is 0 Å². The molecule has 110 valence electrons. The van der Waals surface area contributed by atoms with Crippen LogP contribution in [0.4, 0.5) is 0 Å². The van der Waals surface area contributed by atoms with Gasteiger partial charge in [-0.15, -0.1) is 0 Å². The minimum absolute atomic E-state index is 0.158. The quantitative estimate of drug-likeness (QED) is 0.712. The molecule has 7 heteroatoms. The number of amides is 1. The van der Waals surface area contributed by atoms with Crippen molar-refractivity contribution < 1.29 is 14.7 Å². The second-order valence-corrected chi connectivity index (χ2v) is 4.44. The Morgan fingerprint density at radius 1 is 1.33 bits per heavy atom. The van der Waals surface area contributed by atoms with Gasteiger partial charge in [-0.05, 0) is 5.56 Å². The van der Waals surface area contributed by atoms with E-state index in [2.05, 4.69) is 10.3 Å². The monoisotopic (exact) mass is 288 g/mol. The molecule has 1 atom stereocenters. The molecule has 0 unspecified atom stereocenters. The molecule has 1 amide bonds. The van der Waals surface area contributed by atoms with E-state index in [-0.39, 0.29) is 5.69 Å². The maximum atomic E-state index is 12.1. The van der Waals surface area contributed by atoms with Gasteiger partial charge in [0.2, 0.25) is 0 Å². The summed E-state index contributed by atoms with van der Waals surface area (Å²) in [5.74, 6) is -1.67. The van der Waals surface area contributed by atoms with Gasteiger partial charge in [0.1, 0.15) is 5.69 Å². The number of aromatic nitrogens is 2. The molecule has 1 aromatic heterocycles. The third kappa shape index (κ3) is 3.67. The third-order valence-corrected chi connectivity index (χ3v) is 2.91. The molecule has 7 nitrogen and oxygen atoms in total. The van der Waals surface area contributed by atoms with Crippen LogP contribution in [0.25, 0.3) is 0 Å². The molecule has 0 aliphatic carbocycles. The van der Waals surface area contributed by atoms with E-state index in [1.165, 1.54) is 12.5 Å². The van der Waals surface area contributed by atoms with Gasteiger partial charge in [-0.2, -0.15) is 0 Å². The number of benzene rings is 1. The zero-order valence-electron chi connectivity index (χ0n) is 11.3. The van der Waals surface area contributed by atoms with Gasteiger partial charge in [-0.3, -0.25) is 4.79 Å². The van der Waals surface area contributed by atoms with Crippen molar-refractivity contribution >= 4 is 11.9 Å². The minimum atomic E-state index is -1.13. The van der Waals surface area contributed by atoms with Crippen LogP contribution in [0.15, 0.2) is 42.9 Å². The first-order chi connectivity index (χ1) is 10.1. The van der Waals surface area contributed by atoms with Crippen LogP contribution in [0, 0.1) is 0 Å². The molecular formula is C14H16N4O3. The van der Waals surface area contributed by atoms with Gasteiger partial charge in [0.05, 0.1) is 6.33 Å². The first-order valence-electron chi connectivity index (χ1n) is 6.42. The summed E-state index contributed by atoms with van der Waals surface area (Å²) in [5.41, 5.74) is 6.07. The Bertz CT molecular complexity index is 624. The number of hydrogen-bond donors (Lipinski definition) is 3. The fraction of sp³-hybridized carbons (Fsp3) is 0.214. The molecule has 1 aromatic carbocycles. The van der Waals surface area contributed by atoms with Gasteiger partial charge in [0.25, 0.3) is 5.91 Å². The highest BCUT2D eigenvalue weighted by molar-refractivity contribution is 5.95. The average molecular weight is 288 g/mol. The van der Waals surface area contributed by atoms with Gasteiger partial charge < -0.3 is 20.7 Å². The summed E-state index contributed by atoms with van der Waals surface area (Å²) in [6.45, 7) is 0.973.